The van der Waals surface area contributed by atoms with Crippen LogP contribution < -0.4 is 17.3 Å². The van der Waals surface area contributed by atoms with E-state index in [-0.39, 0.29) is 6.04 Å². The number of hydrazine groups is 1. The lowest BCUT2D eigenvalue weighted by Crippen LogP contribution is -2.50. The molecule has 2 heterocycles. The van der Waals surface area contributed by atoms with Crippen LogP contribution in [0, 0.1) is 6.92 Å². The van der Waals surface area contributed by atoms with Gasteiger partial charge in [0.15, 0.2) is 0 Å². The first-order valence-electron chi connectivity index (χ1n) is 8.06. The largest absolute Gasteiger partial charge is 0.399 e. The molecule has 23 heavy (non-hydrogen) atoms. The number of fused-ring (bicyclic) bond motifs is 3. The van der Waals surface area contributed by atoms with Crippen molar-refractivity contribution < 1.29 is 0 Å². The number of rotatable bonds is 3. The Morgan fingerprint density at radius 3 is 2.87 bits per heavy atom. The van der Waals surface area contributed by atoms with E-state index in [0.717, 1.165) is 24.1 Å². The molecule has 0 fully saturated rings. The van der Waals surface area contributed by atoms with Gasteiger partial charge in [-0.05, 0) is 45.2 Å². The van der Waals surface area contributed by atoms with Crippen molar-refractivity contribution in [3.63, 3.8) is 0 Å². The summed E-state index contributed by atoms with van der Waals surface area (Å²) in [6, 6.07) is 4.39. The molecule has 0 saturated carbocycles. The monoisotopic (exact) mass is 314 g/mol. The Morgan fingerprint density at radius 1 is 1.43 bits per heavy atom. The third kappa shape index (κ3) is 2.80. The lowest BCUT2D eigenvalue weighted by molar-refractivity contribution is 0.310. The molecule has 0 radical (unpaired) electrons. The van der Waals surface area contributed by atoms with Crippen LogP contribution in [0.2, 0.25) is 0 Å². The molecule has 0 aliphatic heterocycles. The van der Waals surface area contributed by atoms with Crippen molar-refractivity contribution in [2.45, 2.75) is 51.6 Å². The normalized spacial score (nSPS) is 21.7. The molecular weight excluding hydrogens is 288 g/mol. The smallest absolute Gasteiger partial charge is 0.0697 e. The fourth-order valence-corrected chi connectivity index (χ4v) is 3.08. The maximum Gasteiger partial charge on any atom is 0.0697 e. The minimum Gasteiger partial charge on any atom is -0.399 e. The molecule has 1 aliphatic rings. The fraction of sp³-hybridized carbons (Fsp3) is 0.471. The zero-order valence-electron chi connectivity index (χ0n) is 14.1. The molecule has 2 aromatic heterocycles. The van der Waals surface area contributed by atoms with Crippen LogP contribution in [-0.4, -0.2) is 26.2 Å². The Morgan fingerprint density at radius 2 is 2.17 bits per heavy atom. The zero-order chi connectivity index (χ0) is 16.8. The summed E-state index contributed by atoms with van der Waals surface area (Å²) in [7, 11) is 0. The van der Waals surface area contributed by atoms with Crippen LogP contribution in [0.25, 0.3) is 5.52 Å². The van der Waals surface area contributed by atoms with E-state index in [9.17, 15) is 0 Å². The third-order valence-corrected chi connectivity index (χ3v) is 4.72. The molecule has 0 aromatic carbocycles. The molecule has 1 unspecified atom stereocenters. The van der Waals surface area contributed by atoms with Gasteiger partial charge < -0.3 is 16.5 Å². The van der Waals surface area contributed by atoms with E-state index in [4.69, 9.17) is 22.4 Å². The summed E-state index contributed by atoms with van der Waals surface area (Å²) in [6.07, 6.45) is 6.10. The number of nitrogens with zero attached hydrogens (tertiary/aromatic N) is 3. The molecule has 1 atom stereocenters. The maximum atomic E-state index is 6.63. The van der Waals surface area contributed by atoms with Gasteiger partial charge in [-0.15, -0.1) is 0 Å². The highest BCUT2D eigenvalue weighted by atomic mass is 15.4. The van der Waals surface area contributed by atoms with Crippen molar-refractivity contribution >= 4 is 5.52 Å². The first kappa shape index (κ1) is 15.8. The summed E-state index contributed by atoms with van der Waals surface area (Å²) >= 11 is 0. The quantitative estimate of drug-likeness (QED) is 0.584. The Labute approximate surface area is 136 Å². The lowest BCUT2D eigenvalue weighted by atomic mass is 9.79. The van der Waals surface area contributed by atoms with Crippen molar-refractivity contribution in [2.24, 2.45) is 17.3 Å². The van der Waals surface area contributed by atoms with Gasteiger partial charge in [0.1, 0.15) is 0 Å². The van der Waals surface area contributed by atoms with Crippen molar-refractivity contribution in [1.82, 2.24) is 14.6 Å². The molecule has 6 heteroatoms. The standard InChI is InChI=1S/C17H26N6/c1-11(2)22(20)10-16(18)17(19)7-6-14-13(8-17)15-5-4-12(3)9-23(15)21-14/h4-5,9-11H,6-8,18-20H2,1-3H3/b16-10-. The van der Waals surface area contributed by atoms with Crippen LogP contribution in [0.5, 0.6) is 0 Å². The summed E-state index contributed by atoms with van der Waals surface area (Å²) < 4.78 is 1.95. The summed E-state index contributed by atoms with van der Waals surface area (Å²) in [4.78, 5) is 0. The average molecular weight is 314 g/mol. The van der Waals surface area contributed by atoms with E-state index in [1.807, 2.05) is 24.6 Å². The molecule has 0 amide bonds. The van der Waals surface area contributed by atoms with E-state index < -0.39 is 5.54 Å². The van der Waals surface area contributed by atoms with Gasteiger partial charge in [-0.2, -0.15) is 5.10 Å². The van der Waals surface area contributed by atoms with E-state index >= 15 is 0 Å². The summed E-state index contributed by atoms with van der Waals surface area (Å²) in [5.41, 5.74) is 17.6. The molecule has 6 nitrogen and oxygen atoms in total. The van der Waals surface area contributed by atoms with Crippen molar-refractivity contribution in [3.05, 3.63) is 47.0 Å². The van der Waals surface area contributed by atoms with Gasteiger partial charge in [0.25, 0.3) is 0 Å². The molecule has 0 bridgehead atoms. The highest BCUT2D eigenvalue weighted by Gasteiger charge is 2.35. The van der Waals surface area contributed by atoms with Crippen molar-refractivity contribution in [3.8, 4) is 0 Å². The molecule has 0 spiro atoms. The Bertz CT molecular complexity index is 760. The van der Waals surface area contributed by atoms with Gasteiger partial charge in [0.05, 0.1) is 16.7 Å². The number of hydrogen-bond acceptors (Lipinski definition) is 5. The van der Waals surface area contributed by atoms with Gasteiger partial charge in [-0.1, -0.05) is 6.07 Å². The predicted octanol–water partition coefficient (Wildman–Crippen LogP) is 1.21. The van der Waals surface area contributed by atoms with Crippen LogP contribution in [0.4, 0.5) is 0 Å². The summed E-state index contributed by atoms with van der Waals surface area (Å²) in [5.74, 6) is 5.97. The molecule has 2 aromatic rings. The van der Waals surface area contributed by atoms with E-state index in [2.05, 4.69) is 19.1 Å². The van der Waals surface area contributed by atoms with Crippen LogP contribution in [0.3, 0.4) is 0 Å². The van der Waals surface area contributed by atoms with Gasteiger partial charge in [-0.25, -0.2) is 10.4 Å². The van der Waals surface area contributed by atoms with Gasteiger partial charge in [-0.3, -0.25) is 0 Å². The molecule has 6 N–H and O–H groups in total. The van der Waals surface area contributed by atoms with E-state index in [1.165, 1.54) is 11.1 Å². The minimum absolute atomic E-state index is 0.177. The number of nitrogens with two attached hydrogens (primary N) is 3. The van der Waals surface area contributed by atoms with Crippen LogP contribution in [0.15, 0.2) is 30.2 Å². The predicted molar refractivity (Wildman–Crippen MR) is 92.3 cm³/mol. The topological polar surface area (TPSA) is 98.6 Å². The van der Waals surface area contributed by atoms with Gasteiger partial charge >= 0.3 is 0 Å². The Kier molecular flexibility index (Phi) is 3.82. The number of pyridine rings is 1. The van der Waals surface area contributed by atoms with Crippen molar-refractivity contribution in [2.75, 3.05) is 0 Å². The number of aryl methyl sites for hydroxylation is 2. The maximum absolute atomic E-state index is 6.63. The zero-order valence-corrected chi connectivity index (χ0v) is 14.1. The van der Waals surface area contributed by atoms with Crippen LogP contribution in [-0.2, 0) is 12.8 Å². The fourth-order valence-electron chi connectivity index (χ4n) is 3.08. The Balaban J connectivity index is 1.96. The minimum atomic E-state index is -0.575. The third-order valence-electron chi connectivity index (χ3n) is 4.72. The highest BCUT2D eigenvalue weighted by molar-refractivity contribution is 5.59. The van der Waals surface area contributed by atoms with E-state index in [0.29, 0.717) is 12.1 Å². The molecule has 0 saturated heterocycles. The molecule has 124 valence electrons. The first-order chi connectivity index (χ1) is 10.8. The molecule has 3 rings (SSSR count). The van der Waals surface area contributed by atoms with Gasteiger partial charge in [0, 0.05) is 36.1 Å². The summed E-state index contributed by atoms with van der Waals surface area (Å²) in [6.45, 7) is 6.09. The Hall–Kier alpha value is -2.05. The summed E-state index contributed by atoms with van der Waals surface area (Å²) in [5, 5.41) is 6.30. The SMILES string of the molecule is Cc1ccc2c3c(nn2c1)CCC(N)(/C(N)=C/N(N)C(C)C)C3. The number of hydrogen-bond donors (Lipinski definition) is 3. The number of aromatic nitrogens is 2. The first-order valence-corrected chi connectivity index (χ1v) is 8.06. The average Bonchev–Trinajstić information content (AvgIpc) is 2.83. The van der Waals surface area contributed by atoms with Crippen LogP contribution >= 0.6 is 0 Å². The second-order valence-electron chi connectivity index (χ2n) is 6.92. The van der Waals surface area contributed by atoms with Crippen molar-refractivity contribution in [1.29, 1.82) is 0 Å². The molecule has 1 aliphatic carbocycles. The highest BCUT2D eigenvalue weighted by Crippen LogP contribution is 2.32. The van der Waals surface area contributed by atoms with Crippen LogP contribution in [0.1, 0.15) is 37.1 Å². The lowest BCUT2D eigenvalue weighted by Gasteiger charge is -2.34. The van der Waals surface area contributed by atoms with Gasteiger partial charge in [0.2, 0.25) is 0 Å². The second-order valence-corrected chi connectivity index (χ2v) is 6.92. The second kappa shape index (κ2) is 5.54. The molecular formula is C17H26N6. The van der Waals surface area contributed by atoms with E-state index in [1.54, 1.807) is 11.2 Å².